The molecule has 5 N–H and O–H groups in total. The zero-order chi connectivity index (χ0) is 28.2. The SMILES string of the molecule is C=C[C@]1(C)C[C@@H](OC(=O)CO[C@H]2O[C@H](CO)[C@@H](O)[C@H](O)[C@H]2O)[C@@]2(C)C3C(=O)CC[C@@]3(CC[C@H]2C)[C@@H](C)[C@@H]1O. The third-order valence-corrected chi connectivity index (χ3v) is 10.8. The molecule has 0 aromatic carbocycles. The molecule has 0 aromatic rings. The number of hydrogen-bond donors (Lipinski definition) is 5. The van der Waals surface area contributed by atoms with Crippen LogP contribution in [0.1, 0.15) is 59.8 Å². The summed E-state index contributed by atoms with van der Waals surface area (Å²) >= 11 is 0. The second kappa shape index (κ2) is 10.5. The van der Waals surface area contributed by atoms with E-state index in [1.165, 1.54) is 0 Å². The fourth-order valence-electron chi connectivity index (χ4n) is 8.05. The average molecular weight is 541 g/mol. The summed E-state index contributed by atoms with van der Waals surface area (Å²) in [6, 6.07) is 0. The van der Waals surface area contributed by atoms with Gasteiger partial charge in [0.1, 0.15) is 42.9 Å². The predicted molar refractivity (Wildman–Crippen MR) is 134 cm³/mol. The van der Waals surface area contributed by atoms with Gasteiger partial charge in [-0.15, -0.1) is 6.58 Å². The molecule has 3 aliphatic carbocycles. The molecular weight excluding hydrogens is 496 g/mol. The van der Waals surface area contributed by atoms with E-state index in [1.807, 2.05) is 20.8 Å². The molecule has 10 heteroatoms. The van der Waals surface area contributed by atoms with Crippen LogP contribution < -0.4 is 0 Å². The Hall–Kier alpha value is -1.40. The third-order valence-electron chi connectivity index (χ3n) is 10.8. The minimum absolute atomic E-state index is 0.0725. The van der Waals surface area contributed by atoms with E-state index in [0.29, 0.717) is 12.8 Å². The maximum absolute atomic E-state index is 13.5. The van der Waals surface area contributed by atoms with E-state index in [4.69, 9.17) is 14.2 Å². The molecule has 13 atom stereocenters. The van der Waals surface area contributed by atoms with Crippen molar-refractivity contribution in [2.75, 3.05) is 13.2 Å². The lowest BCUT2D eigenvalue weighted by atomic mass is 9.44. The number of hydrogen-bond acceptors (Lipinski definition) is 10. The van der Waals surface area contributed by atoms with Crippen molar-refractivity contribution in [3.05, 3.63) is 12.7 Å². The number of carbonyl (C=O) groups is 2. The molecule has 0 spiro atoms. The van der Waals surface area contributed by atoms with Crippen LogP contribution in [0, 0.1) is 34.0 Å². The van der Waals surface area contributed by atoms with E-state index in [1.54, 1.807) is 6.08 Å². The van der Waals surface area contributed by atoms with Gasteiger partial charge in [-0.3, -0.25) is 4.79 Å². The molecule has 0 amide bonds. The summed E-state index contributed by atoms with van der Waals surface area (Å²) in [5.41, 5.74) is -1.84. The molecule has 10 nitrogen and oxygen atoms in total. The predicted octanol–water partition coefficient (Wildman–Crippen LogP) is 0.709. The Kier molecular flexibility index (Phi) is 8.20. The van der Waals surface area contributed by atoms with E-state index < -0.39 is 72.9 Å². The Labute approximate surface area is 224 Å². The van der Waals surface area contributed by atoms with Crippen molar-refractivity contribution < 1.29 is 49.3 Å². The Balaban J connectivity index is 1.60. The molecule has 4 fully saturated rings. The van der Waals surface area contributed by atoms with Crippen LogP contribution >= 0.6 is 0 Å². The fraction of sp³-hybridized carbons (Fsp3) is 0.857. The van der Waals surface area contributed by atoms with Crippen LogP contribution in [0.25, 0.3) is 0 Å². The van der Waals surface area contributed by atoms with Gasteiger partial charge in [0.05, 0.1) is 12.7 Å². The minimum Gasteiger partial charge on any atom is -0.460 e. The molecule has 0 radical (unpaired) electrons. The van der Waals surface area contributed by atoms with Gasteiger partial charge in [0.15, 0.2) is 6.29 Å². The van der Waals surface area contributed by atoms with Gasteiger partial charge < -0.3 is 39.7 Å². The number of aliphatic hydroxyl groups excluding tert-OH is 5. The Morgan fingerprint density at radius 3 is 2.45 bits per heavy atom. The minimum atomic E-state index is -1.64. The highest BCUT2D eigenvalue weighted by Crippen LogP contribution is 2.68. The molecule has 4 aliphatic rings. The number of carbonyl (C=O) groups excluding carboxylic acids is 2. The Bertz CT molecular complexity index is 923. The summed E-state index contributed by atoms with van der Waals surface area (Å²) in [6.45, 7) is 10.8. The Morgan fingerprint density at radius 1 is 1.13 bits per heavy atom. The average Bonchev–Trinajstić information content (AvgIpc) is 3.25. The maximum Gasteiger partial charge on any atom is 0.332 e. The van der Waals surface area contributed by atoms with Crippen molar-refractivity contribution in [1.82, 2.24) is 0 Å². The smallest absolute Gasteiger partial charge is 0.332 e. The zero-order valence-electron chi connectivity index (χ0n) is 22.8. The van der Waals surface area contributed by atoms with Crippen molar-refractivity contribution in [2.24, 2.45) is 34.0 Å². The standard InChI is InChI=1S/C28H44O10/c1-6-26(4)11-18(38-19(31)13-36-25-22(34)21(33)20(32)17(12-29)37-25)27(5)14(2)7-9-28(15(3)24(26)35)10-8-16(30)23(27)28/h6,14-15,17-18,20-25,29,32-35H,1,7-13H2,2-5H3/t14-,15+,17-,18-,20-,21+,22-,23?,24+,25+,26-,27+,28+/m1/s1. The highest BCUT2D eigenvalue weighted by Gasteiger charge is 2.68. The van der Waals surface area contributed by atoms with Crippen LogP contribution in [0.15, 0.2) is 12.7 Å². The maximum atomic E-state index is 13.5. The quantitative estimate of drug-likeness (QED) is 0.239. The summed E-state index contributed by atoms with van der Waals surface area (Å²) in [5.74, 6) is -1.03. The summed E-state index contributed by atoms with van der Waals surface area (Å²) in [6.07, 6.45) is -4.15. The monoisotopic (exact) mass is 540 g/mol. The number of aliphatic hydroxyl groups is 5. The largest absolute Gasteiger partial charge is 0.460 e. The summed E-state index contributed by atoms with van der Waals surface area (Å²) < 4.78 is 16.8. The molecular formula is C28H44O10. The van der Waals surface area contributed by atoms with Gasteiger partial charge in [0.2, 0.25) is 0 Å². The van der Waals surface area contributed by atoms with Crippen LogP contribution in [0.2, 0.25) is 0 Å². The van der Waals surface area contributed by atoms with Gasteiger partial charge in [-0.05, 0) is 42.9 Å². The van der Waals surface area contributed by atoms with Gasteiger partial charge in [0, 0.05) is 23.2 Å². The third kappa shape index (κ3) is 4.46. The molecule has 2 bridgehead atoms. The highest BCUT2D eigenvalue weighted by atomic mass is 16.7. The summed E-state index contributed by atoms with van der Waals surface area (Å²) in [7, 11) is 0. The molecule has 38 heavy (non-hydrogen) atoms. The van der Waals surface area contributed by atoms with E-state index >= 15 is 0 Å². The first-order valence-electron chi connectivity index (χ1n) is 13.7. The zero-order valence-corrected chi connectivity index (χ0v) is 22.8. The van der Waals surface area contributed by atoms with Crippen LogP contribution in [-0.2, 0) is 23.8 Å². The molecule has 1 heterocycles. The van der Waals surface area contributed by atoms with Crippen molar-refractivity contribution in [3.8, 4) is 0 Å². The van der Waals surface area contributed by atoms with Gasteiger partial charge in [-0.2, -0.15) is 0 Å². The van der Waals surface area contributed by atoms with Crippen LogP contribution in [0.4, 0.5) is 0 Å². The van der Waals surface area contributed by atoms with E-state index in [-0.39, 0.29) is 35.4 Å². The van der Waals surface area contributed by atoms with Gasteiger partial charge >= 0.3 is 5.97 Å². The number of ketones is 1. The topological polar surface area (TPSA) is 163 Å². The molecule has 0 aromatic heterocycles. The molecule has 216 valence electrons. The van der Waals surface area contributed by atoms with Gasteiger partial charge in [0.25, 0.3) is 0 Å². The number of ether oxygens (including phenoxy) is 3. The van der Waals surface area contributed by atoms with Gasteiger partial charge in [-0.1, -0.05) is 33.8 Å². The second-order valence-electron chi connectivity index (χ2n) is 12.6. The number of Topliss-reactive ketones (excluding diaryl/α,β-unsaturated/α-hetero) is 1. The van der Waals surface area contributed by atoms with Crippen molar-refractivity contribution in [3.63, 3.8) is 0 Å². The van der Waals surface area contributed by atoms with E-state index in [9.17, 15) is 35.1 Å². The summed E-state index contributed by atoms with van der Waals surface area (Å²) in [4.78, 5) is 26.6. The van der Waals surface area contributed by atoms with Crippen LogP contribution in [-0.4, -0.2) is 93.4 Å². The molecule has 1 saturated heterocycles. The first-order chi connectivity index (χ1) is 17.8. The lowest BCUT2D eigenvalue weighted by Gasteiger charge is -2.61. The fourth-order valence-corrected chi connectivity index (χ4v) is 8.05. The van der Waals surface area contributed by atoms with Crippen molar-refractivity contribution in [2.45, 2.75) is 103 Å². The lowest BCUT2D eigenvalue weighted by molar-refractivity contribution is -0.301. The number of esters is 1. The molecule has 1 unspecified atom stereocenters. The van der Waals surface area contributed by atoms with Crippen LogP contribution in [0.3, 0.4) is 0 Å². The Morgan fingerprint density at radius 2 is 1.82 bits per heavy atom. The second-order valence-corrected chi connectivity index (χ2v) is 12.6. The van der Waals surface area contributed by atoms with Crippen molar-refractivity contribution in [1.29, 1.82) is 0 Å². The summed E-state index contributed by atoms with van der Waals surface area (Å²) in [5, 5.41) is 51.2. The molecule has 3 saturated carbocycles. The van der Waals surface area contributed by atoms with E-state index in [0.717, 1.165) is 12.8 Å². The van der Waals surface area contributed by atoms with Crippen LogP contribution in [0.5, 0.6) is 0 Å². The number of rotatable bonds is 6. The lowest BCUT2D eigenvalue weighted by Crippen LogP contribution is -2.63. The van der Waals surface area contributed by atoms with E-state index in [2.05, 4.69) is 13.5 Å². The highest BCUT2D eigenvalue weighted by molar-refractivity contribution is 5.85. The molecule has 4 rings (SSSR count). The van der Waals surface area contributed by atoms with Gasteiger partial charge in [-0.25, -0.2) is 4.79 Å². The first kappa shape index (κ1) is 29.6. The van der Waals surface area contributed by atoms with Crippen molar-refractivity contribution >= 4 is 11.8 Å². The normalized spacial score (nSPS) is 51.0. The molecule has 1 aliphatic heterocycles. The first-order valence-corrected chi connectivity index (χ1v) is 13.7.